The lowest BCUT2D eigenvalue weighted by Crippen LogP contribution is -2.01. The van der Waals surface area contributed by atoms with Gasteiger partial charge in [0.05, 0.1) is 16.1 Å². The molecule has 0 aliphatic rings. The number of carbonyl (C=O) groups excluding carboxylic acids is 1. The van der Waals surface area contributed by atoms with Crippen LogP contribution in [0.2, 0.25) is 0 Å². The highest BCUT2D eigenvalue weighted by Gasteiger charge is 2.14. The minimum absolute atomic E-state index is 0.0697. The number of carbonyl (C=O) groups is 1. The number of rotatable bonds is 3. The zero-order chi connectivity index (χ0) is 12.4. The lowest BCUT2D eigenvalue weighted by atomic mass is 10.00. The van der Waals surface area contributed by atoms with E-state index in [1.807, 2.05) is 31.2 Å². The van der Waals surface area contributed by atoms with Gasteiger partial charge in [0.25, 0.3) is 0 Å². The van der Waals surface area contributed by atoms with Gasteiger partial charge in [0.1, 0.15) is 0 Å². The van der Waals surface area contributed by atoms with Crippen LogP contribution in [0.3, 0.4) is 0 Å². The van der Waals surface area contributed by atoms with Crippen LogP contribution in [0.4, 0.5) is 0 Å². The summed E-state index contributed by atoms with van der Waals surface area (Å²) in [6.07, 6.45) is 0. The minimum atomic E-state index is 0.0697. The van der Waals surface area contributed by atoms with E-state index in [0.29, 0.717) is 5.92 Å². The van der Waals surface area contributed by atoms with Crippen molar-refractivity contribution in [3.8, 4) is 0 Å². The number of nitrogens with zero attached hydrogens (tertiary/aromatic N) is 1. The van der Waals surface area contributed by atoms with Crippen LogP contribution in [-0.4, -0.2) is 10.8 Å². The summed E-state index contributed by atoms with van der Waals surface area (Å²) in [5, 5.41) is 0. The Morgan fingerprint density at radius 2 is 1.88 bits per heavy atom. The van der Waals surface area contributed by atoms with Crippen molar-refractivity contribution in [3.63, 3.8) is 0 Å². The Morgan fingerprint density at radius 1 is 1.24 bits per heavy atom. The third kappa shape index (κ3) is 2.44. The second kappa shape index (κ2) is 4.80. The normalized spacial score (nSPS) is 10.8. The van der Waals surface area contributed by atoms with Gasteiger partial charge in [-0.05, 0) is 18.4 Å². The molecule has 1 heterocycles. The van der Waals surface area contributed by atoms with Crippen LogP contribution >= 0.6 is 11.3 Å². The molecule has 2 rings (SSSR count). The first-order valence-electron chi connectivity index (χ1n) is 5.64. The molecule has 0 saturated heterocycles. The average Bonchev–Trinajstić information content (AvgIpc) is 2.74. The number of thiazole rings is 1. The monoisotopic (exact) mass is 245 g/mol. The summed E-state index contributed by atoms with van der Waals surface area (Å²) in [6, 6.07) is 7.84. The number of aryl methyl sites for hydroxylation is 1. The molecule has 2 aromatic rings. The van der Waals surface area contributed by atoms with E-state index >= 15 is 0 Å². The molecule has 0 N–H and O–H groups in total. The molecule has 88 valence electrons. The van der Waals surface area contributed by atoms with Crippen molar-refractivity contribution in [1.29, 1.82) is 0 Å². The summed E-state index contributed by atoms with van der Waals surface area (Å²) in [5.41, 5.74) is 4.52. The fraction of sp³-hybridized carbons (Fsp3) is 0.286. The summed E-state index contributed by atoms with van der Waals surface area (Å²) in [5.74, 6) is 0.560. The Morgan fingerprint density at radius 3 is 2.35 bits per heavy atom. The quantitative estimate of drug-likeness (QED) is 0.770. The van der Waals surface area contributed by atoms with Gasteiger partial charge in [-0.1, -0.05) is 38.1 Å². The van der Waals surface area contributed by atoms with Gasteiger partial charge in [-0.2, -0.15) is 0 Å². The minimum Gasteiger partial charge on any atom is -0.288 e. The first-order valence-corrected chi connectivity index (χ1v) is 6.52. The second-order valence-electron chi connectivity index (χ2n) is 4.37. The topological polar surface area (TPSA) is 30.0 Å². The van der Waals surface area contributed by atoms with Gasteiger partial charge in [-0.15, -0.1) is 11.3 Å². The zero-order valence-electron chi connectivity index (χ0n) is 10.2. The molecule has 0 aliphatic carbocycles. The Labute approximate surface area is 105 Å². The Bertz CT molecular complexity index is 525. The predicted molar refractivity (Wildman–Crippen MR) is 70.8 cm³/mol. The summed E-state index contributed by atoms with van der Waals surface area (Å²) >= 11 is 1.40. The molecular weight excluding hydrogens is 230 g/mol. The molecule has 0 radical (unpaired) electrons. The molecule has 0 atom stereocenters. The highest BCUT2D eigenvalue weighted by Crippen LogP contribution is 2.20. The van der Waals surface area contributed by atoms with Crippen molar-refractivity contribution in [1.82, 2.24) is 4.98 Å². The first-order chi connectivity index (χ1) is 8.09. The summed E-state index contributed by atoms with van der Waals surface area (Å²) in [6.45, 7) is 6.15. The molecule has 0 fully saturated rings. The van der Waals surface area contributed by atoms with E-state index in [0.717, 1.165) is 16.1 Å². The van der Waals surface area contributed by atoms with Gasteiger partial charge >= 0.3 is 0 Å². The predicted octanol–water partition coefficient (Wildman–Crippen LogP) is 3.81. The van der Waals surface area contributed by atoms with E-state index in [1.54, 1.807) is 5.51 Å². The molecule has 0 saturated carbocycles. The molecule has 0 spiro atoms. The van der Waals surface area contributed by atoms with E-state index < -0.39 is 0 Å². The second-order valence-corrected chi connectivity index (χ2v) is 5.23. The number of hydrogen-bond acceptors (Lipinski definition) is 3. The van der Waals surface area contributed by atoms with Gasteiger partial charge in [0.15, 0.2) is 0 Å². The van der Waals surface area contributed by atoms with Crippen molar-refractivity contribution >= 4 is 17.1 Å². The number of benzene rings is 1. The zero-order valence-corrected chi connectivity index (χ0v) is 11.0. The van der Waals surface area contributed by atoms with E-state index in [4.69, 9.17) is 0 Å². The summed E-state index contributed by atoms with van der Waals surface area (Å²) in [4.78, 5) is 17.0. The molecular formula is C14H15NOS. The Kier molecular flexibility index (Phi) is 3.38. The molecule has 1 aromatic carbocycles. The van der Waals surface area contributed by atoms with Crippen molar-refractivity contribution in [2.24, 2.45) is 0 Å². The number of aromatic nitrogens is 1. The maximum atomic E-state index is 12.2. The standard InChI is InChI=1S/C14H15NOS/c1-9(2)11-4-6-12(7-5-11)13(16)14-10(3)15-8-17-14/h4-9H,1-3H3. The van der Waals surface area contributed by atoms with Gasteiger partial charge < -0.3 is 0 Å². The smallest absolute Gasteiger partial charge is 0.204 e. The fourth-order valence-electron chi connectivity index (χ4n) is 1.67. The van der Waals surface area contributed by atoms with Crippen LogP contribution in [0.5, 0.6) is 0 Å². The van der Waals surface area contributed by atoms with Crippen LogP contribution in [0.1, 0.15) is 46.3 Å². The third-order valence-electron chi connectivity index (χ3n) is 2.79. The molecule has 0 amide bonds. The SMILES string of the molecule is Cc1ncsc1C(=O)c1ccc(C(C)C)cc1. The molecule has 3 heteroatoms. The average molecular weight is 245 g/mol. The maximum Gasteiger partial charge on any atom is 0.204 e. The van der Waals surface area contributed by atoms with Crippen LogP contribution in [0.25, 0.3) is 0 Å². The van der Waals surface area contributed by atoms with Crippen molar-refractivity contribution in [3.05, 3.63) is 51.5 Å². The molecule has 1 aromatic heterocycles. The third-order valence-corrected chi connectivity index (χ3v) is 3.72. The van der Waals surface area contributed by atoms with Gasteiger partial charge in [0, 0.05) is 5.56 Å². The van der Waals surface area contributed by atoms with Crippen molar-refractivity contribution in [2.45, 2.75) is 26.7 Å². The molecule has 17 heavy (non-hydrogen) atoms. The van der Waals surface area contributed by atoms with Crippen molar-refractivity contribution in [2.75, 3.05) is 0 Å². The number of hydrogen-bond donors (Lipinski definition) is 0. The number of ketones is 1. The fourth-order valence-corrected chi connectivity index (χ4v) is 2.43. The van der Waals surface area contributed by atoms with Crippen LogP contribution in [0.15, 0.2) is 29.8 Å². The molecule has 0 bridgehead atoms. The molecule has 0 unspecified atom stereocenters. The summed E-state index contributed by atoms with van der Waals surface area (Å²) in [7, 11) is 0. The summed E-state index contributed by atoms with van der Waals surface area (Å²) < 4.78 is 0. The maximum absolute atomic E-state index is 12.2. The highest BCUT2D eigenvalue weighted by molar-refractivity contribution is 7.12. The van der Waals surface area contributed by atoms with E-state index in [-0.39, 0.29) is 5.78 Å². The van der Waals surface area contributed by atoms with Gasteiger partial charge in [-0.3, -0.25) is 4.79 Å². The lowest BCUT2D eigenvalue weighted by molar-refractivity contribution is 0.104. The van der Waals surface area contributed by atoms with Gasteiger partial charge in [0.2, 0.25) is 5.78 Å². The van der Waals surface area contributed by atoms with E-state index in [1.165, 1.54) is 16.9 Å². The van der Waals surface area contributed by atoms with Crippen molar-refractivity contribution < 1.29 is 4.79 Å². The first kappa shape index (κ1) is 12.0. The van der Waals surface area contributed by atoms with Crippen LogP contribution < -0.4 is 0 Å². The van der Waals surface area contributed by atoms with Crippen LogP contribution in [-0.2, 0) is 0 Å². The lowest BCUT2D eigenvalue weighted by Gasteiger charge is -2.05. The Balaban J connectivity index is 2.29. The molecule has 0 aliphatic heterocycles. The highest BCUT2D eigenvalue weighted by atomic mass is 32.1. The van der Waals surface area contributed by atoms with E-state index in [9.17, 15) is 4.79 Å². The van der Waals surface area contributed by atoms with E-state index in [2.05, 4.69) is 18.8 Å². The molecule has 2 nitrogen and oxygen atoms in total. The van der Waals surface area contributed by atoms with Gasteiger partial charge in [-0.25, -0.2) is 4.98 Å². The largest absolute Gasteiger partial charge is 0.288 e. The van der Waals surface area contributed by atoms with Crippen LogP contribution in [0, 0.1) is 6.92 Å². The Hall–Kier alpha value is -1.48.